The maximum atomic E-state index is 12.3. The molecule has 1 aromatic rings. The highest BCUT2D eigenvalue weighted by atomic mass is 16.6. The molecule has 0 unspecified atom stereocenters. The van der Waals surface area contributed by atoms with E-state index in [9.17, 15) is 9.59 Å². The lowest BCUT2D eigenvalue weighted by Crippen LogP contribution is -2.50. The van der Waals surface area contributed by atoms with E-state index in [0.29, 0.717) is 25.6 Å². The van der Waals surface area contributed by atoms with Crippen LogP contribution in [0, 0.1) is 5.92 Å². The molecule has 1 amide bonds. The van der Waals surface area contributed by atoms with Crippen molar-refractivity contribution in [2.45, 2.75) is 45.3 Å². The summed E-state index contributed by atoms with van der Waals surface area (Å²) in [6, 6.07) is 5.41. The van der Waals surface area contributed by atoms with Gasteiger partial charge < -0.3 is 14.2 Å². The first-order chi connectivity index (χ1) is 9.83. The summed E-state index contributed by atoms with van der Waals surface area (Å²) >= 11 is 0. The lowest BCUT2D eigenvalue weighted by atomic mass is 9.83. The van der Waals surface area contributed by atoms with E-state index in [1.54, 1.807) is 17.0 Å². The molecule has 3 heterocycles. The first-order valence-electron chi connectivity index (χ1n) is 7.51. The molecule has 21 heavy (non-hydrogen) atoms. The third-order valence-electron chi connectivity index (χ3n) is 4.13. The topological polar surface area (TPSA) is 51.5 Å². The molecule has 1 saturated heterocycles. The Bertz CT molecular complexity index is 615. The second-order valence-electron chi connectivity index (χ2n) is 7.08. The molecule has 3 rings (SSSR count). The van der Waals surface area contributed by atoms with E-state index in [0.717, 1.165) is 12.1 Å². The summed E-state index contributed by atoms with van der Waals surface area (Å²) < 4.78 is 7.34. The lowest BCUT2D eigenvalue weighted by Gasteiger charge is -2.42. The predicted molar refractivity (Wildman–Crippen MR) is 79.4 cm³/mol. The number of nitrogens with zero attached hydrogens (tertiary/aromatic N) is 2. The number of aromatic nitrogens is 1. The number of ether oxygens (including phenoxy) is 1. The van der Waals surface area contributed by atoms with Crippen LogP contribution in [0.25, 0.3) is 0 Å². The van der Waals surface area contributed by atoms with Gasteiger partial charge in [-0.3, -0.25) is 4.79 Å². The molecule has 0 spiro atoms. The van der Waals surface area contributed by atoms with Crippen LogP contribution in [0.1, 0.15) is 38.8 Å². The van der Waals surface area contributed by atoms with Crippen molar-refractivity contribution in [3.63, 3.8) is 0 Å². The first kappa shape index (κ1) is 14.2. The third kappa shape index (κ3) is 2.82. The van der Waals surface area contributed by atoms with Crippen LogP contribution in [0.5, 0.6) is 0 Å². The molecular weight excluding hydrogens is 268 g/mol. The maximum absolute atomic E-state index is 12.3. The van der Waals surface area contributed by atoms with Crippen LogP contribution in [-0.4, -0.2) is 34.3 Å². The van der Waals surface area contributed by atoms with Crippen molar-refractivity contribution in [3.05, 3.63) is 34.2 Å². The number of fused-ring (bicyclic) bond motifs is 4. The zero-order valence-corrected chi connectivity index (χ0v) is 12.8. The Morgan fingerprint density at radius 3 is 2.71 bits per heavy atom. The zero-order chi connectivity index (χ0) is 15.2. The normalized spacial score (nSPS) is 24.4. The van der Waals surface area contributed by atoms with Gasteiger partial charge in [-0.15, -0.1) is 0 Å². The minimum Gasteiger partial charge on any atom is -0.444 e. The van der Waals surface area contributed by atoms with Crippen molar-refractivity contribution in [1.82, 2.24) is 9.47 Å². The molecule has 5 heteroatoms. The minimum absolute atomic E-state index is 0.0629. The summed E-state index contributed by atoms with van der Waals surface area (Å²) in [4.78, 5) is 26.0. The number of piperidine rings is 1. The summed E-state index contributed by atoms with van der Waals surface area (Å²) in [5.41, 5.74) is 0.637. The third-order valence-corrected chi connectivity index (χ3v) is 4.13. The molecule has 2 atom stereocenters. The molecule has 0 aromatic carbocycles. The van der Waals surface area contributed by atoms with Gasteiger partial charge in [0.1, 0.15) is 5.60 Å². The van der Waals surface area contributed by atoms with E-state index < -0.39 is 5.60 Å². The maximum Gasteiger partial charge on any atom is 0.410 e. The van der Waals surface area contributed by atoms with Gasteiger partial charge in [0.15, 0.2) is 0 Å². The Morgan fingerprint density at radius 2 is 2.00 bits per heavy atom. The SMILES string of the molecule is CC(C)(C)OC(=O)N1C[C@H]2C[C@@H](C1)c1cccc(=O)n1C2. The second-order valence-corrected chi connectivity index (χ2v) is 7.08. The molecular formula is C16H22N2O3. The Hall–Kier alpha value is -1.78. The number of carbonyl (C=O) groups is 1. The molecule has 1 aromatic heterocycles. The second kappa shape index (κ2) is 4.90. The van der Waals surface area contributed by atoms with E-state index >= 15 is 0 Å². The molecule has 114 valence electrons. The molecule has 2 aliphatic rings. The summed E-state index contributed by atoms with van der Waals surface area (Å²) in [5.74, 6) is 0.572. The monoisotopic (exact) mass is 290 g/mol. The van der Waals surface area contributed by atoms with Crippen LogP contribution in [0.2, 0.25) is 0 Å². The largest absolute Gasteiger partial charge is 0.444 e. The molecule has 0 aliphatic carbocycles. The van der Waals surface area contributed by atoms with Crippen molar-refractivity contribution < 1.29 is 9.53 Å². The van der Waals surface area contributed by atoms with E-state index in [-0.39, 0.29) is 17.6 Å². The van der Waals surface area contributed by atoms with Crippen molar-refractivity contribution in [3.8, 4) is 0 Å². The van der Waals surface area contributed by atoms with Crippen molar-refractivity contribution >= 4 is 6.09 Å². The zero-order valence-electron chi connectivity index (χ0n) is 12.8. The molecule has 0 radical (unpaired) electrons. The molecule has 0 saturated carbocycles. The Labute approximate surface area is 124 Å². The lowest BCUT2D eigenvalue weighted by molar-refractivity contribution is 0.0102. The Kier molecular flexibility index (Phi) is 3.30. The fourth-order valence-corrected chi connectivity index (χ4v) is 3.37. The Balaban J connectivity index is 1.82. The molecule has 0 N–H and O–H groups in total. The predicted octanol–water partition coefficient (Wildman–Crippen LogP) is 2.20. The fraction of sp³-hybridized carbons (Fsp3) is 0.625. The highest BCUT2D eigenvalue weighted by Crippen LogP contribution is 2.35. The van der Waals surface area contributed by atoms with Gasteiger partial charge in [-0.1, -0.05) is 6.07 Å². The van der Waals surface area contributed by atoms with Crippen LogP contribution < -0.4 is 5.56 Å². The van der Waals surface area contributed by atoms with Crippen LogP contribution in [0.15, 0.2) is 23.0 Å². The van der Waals surface area contributed by atoms with Gasteiger partial charge in [-0.05, 0) is 39.2 Å². The average Bonchev–Trinajstić information content (AvgIpc) is 2.38. The van der Waals surface area contributed by atoms with Gasteiger partial charge in [0.25, 0.3) is 5.56 Å². The number of hydrogen-bond donors (Lipinski definition) is 0. The molecule has 5 nitrogen and oxygen atoms in total. The average molecular weight is 290 g/mol. The number of likely N-dealkylation sites (tertiary alicyclic amines) is 1. The quantitative estimate of drug-likeness (QED) is 0.736. The van der Waals surface area contributed by atoms with E-state index in [2.05, 4.69) is 0 Å². The summed E-state index contributed by atoms with van der Waals surface area (Å²) in [6.45, 7) is 7.64. The standard InChI is InChI=1S/C16H22N2O3/c1-16(2,3)21-15(20)17-8-11-7-12(10-17)13-5-4-6-14(19)18(13)9-11/h4-6,11-12H,7-10H2,1-3H3/t11-,12+/m1/s1. The van der Waals surface area contributed by atoms with Crippen LogP contribution >= 0.6 is 0 Å². The van der Waals surface area contributed by atoms with Crippen LogP contribution in [0.4, 0.5) is 4.79 Å². The van der Waals surface area contributed by atoms with Crippen molar-refractivity contribution in [2.24, 2.45) is 5.92 Å². The minimum atomic E-state index is -0.474. The summed E-state index contributed by atoms with van der Waals surface area (Å²) in [5, 5.41) is 0. The number of hydrogen-bond acceptors (Lipinski definition) is 3. The van der Waals surface area contributed by atoms with Crippen LogP contribution in [0.3, 0.4) is 0 Å². The number of amides is 1. The molecule has 1 fully saturated rings. The fourth-order valence-electron chi connectivity index (χ4n) is 3.37. The molecule has 2 bridgehead atoms. The smallest absolute Gasteiger partial charge is 0.410 e. The van der Waals surface area contributed by atoms with E-state index in [1.165, 1.54) is 0 Å². The van der Waals surface area contributed by atoms with Crippen molar-refractivity contribution in [2.75, 3.05) is 13.1 Å². The summed E-state index contributed by atoms with van der Waals surface area (Å²) in [7, 11) is 0. The highest BCUT2D eigenvalue weighted by Gasteiger charge is 2.37. The van der Waals surface area contributed by atoms with Gasteiger partial charge in [0.05, 0.1) is 0 Å². The van der Waals surface area contributed by atoms with Crippen LogP contribution in [-0.2, 0) is 11.3 Å². The van der Waals surface area contributed by atoms with E-state index in [1.807, 2.05) is 31.4 Å². The number of carbonyl (C=O) groups excluding carboxylic acids is 1. The van der Waals surface area contributed by atoms with Gasteiger partial charge in [0.2, 0.25) is 0 Å². The molecule has 2 aliphatic heterocycles. The number of pyridine rings is 1. The summed E-state index contributed by atoms with van der Waals surface area (Å²) in [6.07, 6.45) is 0.798. The van der Waals surface area contributed by atoms with Gasteiger partial charge >= 0.3 is 6.09 Å². The Morgan fingerprint density at radius 1 is 1.24 bits per heavy atom. The van der Waals surface area contributed by atoms with Gasteiger partial charge in [0, 0.05) is 37.3 Å². The highest BCUT2D eigenvalue weighted by molar-refractivity contribution is 5.68. The number of rotatable bonds is 0. The van der Waals surface area contributed by atoms with Gasteiger partial charge in [-0.2, -0.15) is 0 Å². The van der Waals surface area contributed by atoms with Gasteiger partial charge in [-0.25, -0.2) is 4.79 Å². The van der Waals surface area contributed by atoms with Crippen molar-refractivity contribution in [1.29, 1.82) is 0 Å². The first-order valence-corrected chi connectivity index (χ1v) is 7.51. The van der Waals surface area contributed by atoms with E-state index in [4.69, 9.17) is 4.74 Å².